The van der Waals surface area contributed by atoms with Gasteiger partial charge in [0, 0.05) is 62.3 Å². The molecule has 0 spiro atoms. The molecular weight excluding hydrogens is 427 g/mol. The summed E-state index contributed by atoms with van der Waals surface area (Å²) < 4.78 is 26.0. The van der Waals surface area contributed by atoms with Crippen LogP contribution in [-0.4, -0.2) is 64.4 Å². The Morgan fingerprint density at radius 2 is 2.06 bits per heavy atom. The molecule has 0 N–H and O–H groups in total. The van der Waals surface area contributed by atoms with Crippen molar-refractivity contribution in [3.63, 3.8) is 0 Å². The molecule has 1 aromatic carbocycles. The highest BCUT2D eigenvalue weighted by Gasteiger charge is 2.49. The van der Waals surface area contributed by atoms with Crippen LogP contribution in [0.3, 0.4) is 0 Å². The van der Waals surface area contributed by atoms with Gasteiger partial charge in [0.15, 0.2) is 0 Å². The maximum Gasteiger partial charge on any atom is 0.232 e. The Bertz CT molecular complexity index is 1030. The van der Waals surface area contributed by atoms with Crippen molar-refractivity contribution in [2.24, 2.45) is 17.8 Å². The molecule has 1 aromatic heterocycles. The zero-order chi connectivity index (χ0) is 22.9. The summed E-state index contributed by atoms with van der Waals surface area (Å²) in [4.78, 5) is 37.2. The minimum Gasteiger partial charge on any atom is -0.493 e. The summed E-state index contributed by atoms with van der Waals surface area (Å²) in [5, 5.41) is 0. The van der Waals surface area contributed by atoms with Gasteiger partial charge in [0.25, 0.3) is 0 Å². The summed E-state index contributed by atoms with van der Waals surface area (Å²) >= 11 is 0. The number of fused-ring (bicyclic) bond motifs is 3. The zero-order valence-electron chi connectivity index (χ0n) is 18.5. The van der Waals surface area contributed by atoms with E-state index >= 15 is 0 Å². The maximum atomic E-state index is 14.2. The van der Waals surface area contributed by atoms with Crippen LogP contribution in [0.5, 0.6) is 11.6 Å². The molecule has 33 heavy (non-hydrogen) atoms. The van der Waals surface area contributed by atoms with Gasteiger partial charge in [0.05, 0.1) is 25.5 Å². The van der Waals surface area contributed by atoms with E-state index < -0.39 is 0 Å². The van der Waals surface area contributed by atoms with Gasteiger partial charge >= 0.3 is 0 Å². The predicted octanol–water partition coefficient (Wildman–Crippen LogP) is 2.46. The number of amides is 2. The van der Waals surface area contributed by atoms with Crippen molar-refractivity contribution in [3.8, 4) is 11.6 Å². The van der Waals surface area contributed by atoms with Gasteiger partial charge in [-0.1, -0.05) is 0 Å². The SMILES string of the molecule is CC(=O)N1CCC(C(=O)N2C[C@@H](COc3cnccn3)[C@@H]3COc4ccc(F)cc4[C@@H]32)CC1. The minimum absolute atomic E-state index is 0.00896. The first-order valence-electron chi connectivity index (χ1n) is 11.4. The fraction of sp³-hybridized carbons (Fsp3) is 0.500. The standard InChI is InChI=1S/C24H27FN4O4/c1-15(30)28-8-4-16(5-9-28)24(31)29-12-17(13-33-22-11-26-6-7-27-22)20-14-32-21-3-2-18(25)10-19(21)23(20)29/h2-3,6-7,10-11,16-17,20,23H,4-5,8-9,12-14H2,1H3/t17-,20-,23-/m0/s1. The quantitative estimate of drug-likeness (QED) is 0.706. The fourth-order valence-corrected chi connectivity index (χ4v) is 5.32. The van der Waals surface area contributed by atoms with Crippen LogP contribution in [0.2, 0.25) is 0 Å². The number of hydrogen-bond donors (Lipinski definition) is 0. The molecule has 9 heteroatoms. The molecule has 174 valence electrons. The second-order valence-electron chi connectivity index (χ2n) is 8.99. The Morgan fingerprint density at radius 3 is 2.79 bits per heavy atom. The average Bonchev–Trinajstić information content (AvgIpc) is 3.22. The lowest BCUT2D eigenvalue weighted by Gasteiger charge is -2.37. The molecule has 8 nitrogen and oxygen atoms in total. The summed E-state index contributed by atoms with van der Waals surface area (Å²) in [6, 6.07) is 4.24. The summed E-state index contributed by atoms with van der Waals surface area (Å²) in [7, 11) is 0. The van der Waals surface area contributed by atoms with Gasteiger partial charge in [0.1, 0.15) is 11.6 Å². The smallest absolute Gasteiger partial charge is 0.232 e. The number of ether oxygens (including phenoxy) is 2. The molecule has 2 aromatic rings. The van der Waals surface area contributed by atoms with E-state index in [1.165, 1.54) is 12.1 Å². The summed E-state index contributed by atoms with van der Waals surface area (Å²) in [6.07, 6.45) is 5.98. The highest BCUT2D eigenvalue weighted by molar-refractivity contribution is 5.81. The van der Waals surface area contributed by atoms with Gasteiger partial charge in [0.2, 0.25) is 17.7 Å². The van der Waals surface area contributed by atoms with Gasteiger partial charge in [-0.05, 0) is 31.0 Å². The van der Waals surface area contributed by atoms with Crippen LogP contribution in [-0.2, 0) is 9.59 Å². The first kappa shape index (κ1) is 21.6. The number of piperidine rings is 1. The Labute approximate surface area is 191 Å². The Balaban J connectivity index is 1.38. The molecule has 0 aliphatic carbocycles. The largest absolute Gasteiger partial charge is 0.493 e. The van der Waals surface area contributed by atoms with Crippen molar-refractivity contribution in [1.29, 1.82) is 0 Å². The van der Waals surface area contributed by atoms with Crippen LogP contribution in [0.4, 0.5) is 4.39 Å². The zero-order valence-corrected chi connectivity index (χ0v) is 18.5. The molecule has 5 rings (SSSR count). The molecule has 4 heterocycles. The molecule has 3 aliphatic heterocycles. The topological polar surface area (TPSA) is 84.9 Å². The van der Waals surface area contributed by atoms with E-state index in [-0.39, 0.29) is 41.4 Å². The predicted molar refractivity (Wildman–Crippen MR) is 116 cm³/mol. The average molecular weight is 455 g/mol. The van der Waals surface area contributed by atoms with E-state index in [1.807, 2.05) is 4.90 Å². The van der Waals surface area contributed by atoms with Crippen LogP contribution in [0.15, 0.2) is 36.8 Å². The second-order valence-corrected chi connectivity index (χ2v) is 8.99. The number of rotatable bonds is 4. The molecule has 0 radical (unpaired) electrons. The third-order valence-corrected chi connectivity index (χ3v) is 7.06. The normalized spacial score (nSPS) is 24.6. The Morgan fingerprint density at radius 1 is 1.24 bits per heavy atom. The molecule has 0 saturated carbocycles. The van der Waals surface area contributed by atoms with Crippen molar-refractivity contribution in [2.45, 2.75) is 25.8 Å². The number of aromatic nitrogens is 2. The lowest BCUT2D eigenvalue weighted by Crippen LogP contribution is -2.44. The van der Waals surface area contributed by atoms with E-state index in [9.17, 15) is 14.0 Å². The van der Waals surface area contributed by atoms with Crippen LogP contribution in [0.25, 0.3) is 0 Å². The van der Waals surface area contributed by atoms with E-state index in [4.69, 9.17) is 9.47 Å². The first-order chi connectivity index (χ1) is 16.0. The number of hydrogen-bond acceptors (Lipinski definition) is 6. The highest BCUT2D eigenvalue weighted by atomic mass is 19.1. The van der Waals surface area contributed by atoms with Crippen molar-refractivity contribution < 1.29 is 23.5 Å². The number of nitrogens with zero attached hydrogens (tertiary/aromatic N) is 4. The van der Waals surface area contributed by atoms with Crippen LogP contribution in [0, 0.1) is 23.6 Å². The van der Waals surface area contributed by atoms with E-state index in [0.29, 0.717) is 62.9 Å². The Kier molecular flexibility index (Phi) is 5.86. The molecular formula is C24H27FN4O4. The van der Waals surface area contributed by atoms with Crippen molar-refractivity contribution in [2.75, 3.05) is 32.8 Å². The van der Waals surface area contributed by atoms with Crippen LogP contribution >= 0.6 is 0 Å². The monoisotopic (exact) mass is 454 g/mol. The van der Waals surface area contributed by atoms with E-state index in [1.54, 1.807) is 36.5 Å². The molecule has 2 fully saturated rings. The van der Waals surface area contributed by atoms with Gasteiger partial charge in [-0.25, -0.2) is 9.37 Å². The molecule has 3 atom stereocenters. The molecule has 2 saturated heterocycles. The minimum atomic E-state index is -0.348. The van der Waals surface area contributed by atoms with Gasteiger partial charge in [-0.3, -0.25) is 14.6 Å². The third-order valence-electron chi connectivity index (χ3n) is 7.06. The fourth-order valence-electron chi connectivity index (χ4n) is 5.32. The molecule has 3 aliphatic rings. The Hall–Kier alpha value is -3.23. The molecule has 0 bridgehead atoms. The summed E-state index contributed by atoms with van der Waals surface area (Å²) in [5.74, 6) is 0.646. The van der Waals surface area contributed by atoms with Crippen LogP contribution in [0.1, 0.15) is 31.4 Å². The van der Waals surface area contributed by atoms with Gasteiger partial charge in [-0.2, -0.15) is 0 Å². The lowest BCUT2D eigenvalue weighted by atomic mass is 9.85. The first-order valence-corrected chi connectivity index (χ1v) is 11.4. The summed E-state index contributed by atoms with van der Waals surface area (Å²) in [5.41, 5.74) is 0.711. The third kappa shape index (κ3) is 4.24. The van der Waals surface area contributed by atoms with Crippen molar-refractivity contribution >= 4 is 11.8 Å². The van der Waals surface area contributed by atoms with Crippen molar-refractivity contribution in [3.05, 3.63) is 48.2 Å². The number of benzene rings is 1. The van der Waals surface area contributed by atoms with Crippen LogP contribution < -0.4 is 9.47 Å². The van der Waals surface area contributed by atoms with Gasteiger partial charge < -0.3 is 19.3 Å². The maximum absolute atomic E-state index is 14.2. The summed E-state index contributed by atoms with van der Waals surface area (Å²) in [6.45, 7) is 4.02. The number of carbonyl (C=O) groups is 2. The molecule has 0 unspecified atom stereocenters. The highest BCUT2D eigenvalue weighted by Crippen LogP contribution is 2.48. The number of halogens is 1. The van der Waals surface area contributed by atoms with E-state index in [2.05, 4.69) is 9.97 Å². The van der Waals surface area contributed by atoms with Gasteiger partial charge in [-0.15, -0.1) is 0 Å². The second kappa shape index (κ2) is 8.96. The molecule has 2 amide bonds. The van der Waals surface area contributed by atoms with E-state index in [0.717, 1.165) is 0 Å². The lowest BCUT2D eigenvalue weighted by molar-refractivity contribution is -0.141. The number of carbonyl (C=O) groups excluding carboxylic acids is 2. The number of likely N-dealkylation sites (tertiary alicyclic amines) is 2. The van der Waals surface area contributed by atoms with Crippen molar-refractivity contribution in [1.82, 2.24) is 19.8 Å².